The van der Waals surface area contributed by atoms with E-state index in [1.165, 1.54) is 4.73 Å². The van der Waals surface area contributed by atoms with Crippen molar-refractivity contribution in [1.82, 2.24) is 4.73 Å². The van der Waals surface area contributed by atoms with Crippen LogP contribution in [0.2, 0.25) is 0 Å². The van der Waals surface area contributed by atoms with Gasteiger partial charge in [0.05, 0.1) is 12.1 Å². The standard InChI is InChI=1S/C18H17NO3/c1-3-21-18(20)17-12-14-6-4-5-7-16(14)19(17)22-15-10-8-13(2)9-11-15/h4-12H,3H2,1-2H3. The number of hydrogen-bond acceptors (Lipinski definition) is 3. The predicted octanol–water partition coefficient (Wildman–Crippen LogP) is 3.97. The molecular formula is C18H17NO3. The van der Waals surface area contributed by atoms with Gasteiger partial charge in [-0.25, -0.2) is 4.79 Å². The minimum atomic E-state index is -0.397. The van der Waals surface area contributed by atoms with Gasteiger partial charge in [0.25, 0.3) is 0 Å². The highest BCUT2D eigenvalue weighted by atomic mass is 16.7. The Morgan fingerprint density at radius 1 is 1.09 bits per heavy atom. The maximum absolute atomic E-state index is 12.2. The number of benzene rings is 2. The largest absolute Gasteiger partial charge is 0.461 e. The summed E-state index contributed by atoms with van der Waals surface area (Å²) >= 11 is 0. The first-order valence-corrected chi connectivity index (χ1v) is 7.21. The lowest BCUT2D eigenvalue weighted by Gasteiger charge is -2.11. The van der Waals surface area contributed by atoms with Crippen LogP contribution in [0.3, 0.4) is 0 Å². The summed E-state index contributed by atoms with van der Waals surface area (Å²) in [6.07, 6.45) is 0. The summed E-state index contributed by atoms with van der Waals surface area (Å²) in [5.74, 6) is 0.267. The molecule has 0 unspecified atom stereocenters. The highest BCUT2D eigenvalue weighted by Gasteiger charge is 2.18. The Labute approximate surface area is 128 Å². The zero-order valence-corrected chi connectivity index (χ0v) is 12.6. The molecule has 0 amide bonds. The number of hydrogen-bond donors (Lipinski definition) is 0. The van der Waals surface area contributed by atoms with Crippen molar-refractivity contribution in [2.45, 2.75) is 13.8 Å². The minimum absolute atomic E-state index is 0.324. The lowest BCUT2D eigenvalue weighted by Crippen LogP contribution is -2.15. The highest BCUT2D eigenvalue weighted by Crippen LogP contribution is 2.22. The van der Waals surface area contributed by atoms with Crippen LogP contribution in [-0.2, 0) is 4.74 Å². The van der Waals surface area contributed by atoms with Crippen LogP contribution in [0.4, 0.5) is 0 Å². The zero-order valence-electron chi connectivity index (χ0n) is 12.6. The second kappa shape index (κ2) is 5.93. The molecule has 0 aliphatic heterocycles. The SMILES string of the molecule is CCOC(=O)c1cc2ccccc2n1Oc1ccc(C)cc1. The summed E-state index contributed by atoms with van der Waals surface area (Å²) in [7, 11) is 0. The number of aromatic nitrogens is 1. The fourth-order valence-corrected chi connectivity index (χ4v) is 2.28. The maximum atomic E-state index is 12.2. The second-order valence-electron chi connectivity index (χ2n) is 5.01. The molecule has 4 heteroatoms. The minimum Gasteiger partial charge on any atom is -0.461 e. The molecule has 0 saturated carbocycles. The Balaban J connectivity index is 2.07. The third kappa shape index (κ3) is 2.68. The Hall–Kier alpha value is -2.75. The first-order valence-electron chi connectivity index (χ1n) is 7.21. The third-order valence-electron chi connectivity index (χ3n) is 3.37. The molecule has 0 aliphatic rings. The monoisotopic (exact) mass is 295 g/mol. The van der Waals surface area contributed by atoms with E-state index in [4.69, 9.17) is 9.57 Å². The number of para-hydroxylation sites is 1. The lowest BCUT2D eigenvalue weighted by molar-refractivity contribution is 0.0489. The summed E-state index contributed by atoms with van der Waals surface area (Å²) in [5.41, 5.74) is 2.35. The molecule has 1 aromatic heterocycles. The fraction of sp³-hybridized carbons (Fsp3) is 0.167. The summed E-state index contributed by atoms with van der Waals surface area (Å²) < 4.78 is 6.64. The molecule has 0 spiro atoms. The van der Waals surface area contributed by atoms with E-state index in [0.717, 1.165) is 16.5 Å². The molecular weight excluding hydrogens is 278 g/mol. The van der Waals surface area contributed by atoms with Crippen LogP contribution in [0.1, 0.15) is 23.0 Å². The molecule has 2 aromatic carbocycles. The van der Waals surface area contributed by atoms with Crippen LogP contribution in [0.5, 0.6) is 5.75 Å². The highest BCUT2D eigenvalue weighted by molar-refractivity contribution is 5.95. The van der Waals surface area contributed by atoms with Crippen LogP contribution < -0.4 is 4.84 Å². The van der Waals surface area contributed by atoms with Crippen molar-refractivity contribution in [2.75, 3.05) is 6.61 Å². The number of nitrogens with zero attached hydrogens (tertiary/aromatic N) is 1. The number of aryl methyl sites for hydroxylation is 1. The zero-order chi connectivity index (χ0) is 15.5. The average molecular weight is 295 g/mol. The van der Waals surface area contributed by atoms with Crippen molar-refractivity contribution in [1.29, 1.82) is 0 Å². The predicted molar refractivity (Wildman–Crippen MR) is 85.1 cm³/mol. The van der Waals surface area contributed by atoms with E-state index in [-0.39, 0.29) is 0 Å². The van der Waals surface area contributed by atoms with Gasteiger partial charge in [0.15, 0.2) is 11.4 Å². The molecule has 3 rings (SSSR count). The molecule has 0 atom stereocenters. The van der Waals surface area contributed by atoms with Crippen LogP contribution in [0, 0.1) is 6.92 Å². The van der Waals surface area contributed by atoms with Gasteiger partial charge < -0.3 is 9.57 Å². The third-order valence-corrected chi connectivity index (χ3v) is 3.37. The first kappa shape index (κ1) is 14.2. The average Bonchev–Trinajstić information content (AvgIpc) is 2.89. The van der Waals surface area contributed by atoms with E-state index in [9.17, 15) is 4.79 Å². The normalized spacial score (nSPS) is 10.6. The van der Waals surface area contributed by atoms with Crippen LogP contribution in [-0.4, -0.2) is 17.3 Å². The number of ether oxygens (including phenoxy) is 1. The number of esters is 1. The van der Waals surface area contributed by atoms with E-state index in [0.29, 0.717) is 18.1 Å². The van der Waals surface area contributed by atoms with Crippen LogP contribution in [0.15, 0.2) is 54.6 Å². The molecule has 0 saturated heterocycles. The van der Waals surface area contributed by atoms with Gasteiger partial charge in [0, 0.05) is 5.39 Å². The van der Waals surface area contributed by atoms with Crippen molar-refractivity contribution < 1.29 is 14.4 Å². The topological polar surface area (TPSA) is 40.5 Å². The van der Waals surface area contributed by atoms with Gasteiger partial charge in [-0.1, -0.05) is 35.9 Å². The van der Waals surface area contributed by atoms with E-state index in [1.807, 2.05) is 55.5 Å². The molecule has 0 fully saturated rings. The summed E-state index contributed by atoms with van der Waals surface area (Å²) in [4.78, 5) is 18.1. The molecule has 0 aliphatic carbocycles. The molecule has 4 nitrogen and oxygen atoms in total. The van der Waals surface area contributed by atoms with Gasteiger partial charge in [0.2, 0.25) is 0 Å². The number of carbonyl (C=O) groups excluding carboxylic acids is 1. The van der Waals surface area contributed by atoms with Gasteiger partial charge >= 0.3 is 5.97 Å². The van der Waals surface area contributed by atoms with E-state index >= 15 is 0 Å². The fourth-order valence-electron chi connectivity index (χ4n) is 2.28. The molecule has 0 bridgehead atoms. The van der Waals surface area contributed by atoms with Crippen molar-refractivity contribution >= 4 is 16.9 Å². The summed E-state index contributed by atoms with van der Waals surface area (Å²) in [5, 5.41) is 0.928. The number of carbonyl (C=O) groups is 1. The van der Waals surface area contributed by atoms with Gasteiger partial charge in [0.1, 0.15) is 0 Å². The maximum Gasteiger partial charge on any atom is 0.358 e. The van der Waals surface area contributed by atoms with Gasteiger partial charge in [-0.05, 0) is 38.1 Å². The molecule has 1 heterocycles. The number of fused-ring (bicyclic) bond motifs is 1. The second-order valence-corrected chi connectivity index (χ2v) is 5.01. The van der Waals surface area contributed by atoms with Crippen molar-refractivity contribution in [3.05, 3.63) is 65.9 Å². The Morgan fingerprint density at radius 2 is 1.82 bits per heavy atom. The van der Waals surface area contributed by atoms with Crippen molar-refractivity contribution in [2.24, 2.45) is 0 Å². The molecule has 3 aromatic rings. The van der Waals surface area contributed by atoms with E-state index in [1.54, 1.807) is 13.0 Å². The Kier molecular flexibility index (Phi) is 3.83. The Bertz CT molecular complexity index is 803. The van der Waals surface area contributed by atoms with Gasteiger partial charge in [-0.2, -0.15) is 4.73 Å². The quantitative estimate of drug-likeness (QED) is 0.684. The van der Waals surface area contributed by atoms with E-state index in [2.05, 4.69) is 0 Å². The number of rotatable bonds is 4. The van der Waals surface area contributed by atoms with Crippen LogP contribution >= 0.6 is 0 Å². The van der Waals surface area contributed by atoms with Crippen molar-refractivity contribution in [3.8, 4) is 5.75 Å². The van der Waals surface area contributed by atoms with Crippen molar-refractivity contribution in [3.63, 3.8) is 0 Å². The molecule has 0 radical (unpaired) electrons. The molecule has 0 N–H and O–H groups in total. The lowest BCUT2D eigenvalue weighted by atomic mass is 10.2. The van der Waals surface area contributed by atoms with Crippen LogP contribution in [0.25, 0.3) is 10.9 Å². The van der Waals surface area contributed by atoms with Gasteiger partial charge in [-0.3, -0.25) is 0 Å². The molecule has 112 valence electrons. The summed E-state index contributed by atoms with van der Waals surface area (Å²) in [6, 6.07) is 17.1. The van der Waals surface area contributed by atoms with E-state index < -0.39 is 5.97 Å². The first-order chi connectivity index (χ1) is 10.7. The molecule has 22 heavy (non-hydrogen) atoms. The smallest absolute Gasteiger partial charge is 0.358 e. The van der Waals surface area contributed by atoms with Gasteiger partial charge in [-0.15, -0.1) is 0 Å². The Morgan fingerprint density at radius 3 is 2.55 bits per heavy atom. The summed E-state index contributed by atoms with van der Waals surface area (Å²) in [6.45, 7) is 4.12.